The fourth-order valence-electron chi connectivity index (χ4n) is 0.918. The average molecular weight is 177 g/mol. The highest BCUT2D eigenvalue weighted by atomic mass is 16.6. The number of rotatable bonds is 2. The number of ether oxygens (including phenoxy) is 2. The maximum Gasteiger partial charge on any atom is 0.218 e. The second kappa shape index (κ2) is 3.37. The predicted octanol–water partition coefficient (Wildman–Crippen LogP) is 0.126. The predicted molar refractivity (Wildman–Crippen MR) is 42.0 cm³/mol. The fraction of sp³-hybridized carbons (Fsp3) is 0.375. The molecule has 1 aliphatic rings. The van der Waals surface area contributed by atoms with Crippen LogP contribution in [-0.4, -0.2) is 29.3 Å². The maximum atomic E-state index is 8.55. The van der Waals surface area contributed by atoms with Gasteiger partial charge in [-0.3, -0.25) is 0 Å². The van der Waals surface area contributed by atoms with Crippen molar-refractivity contribution in [3.8, 4) is 11.9 Å². The zero-order valence-corrected chi connectivity index (χ0v) is 6.80. The van der Waals surface area contributed by atoms with Crippen molar-refractivity contribution in [1.82, 2.24) is 9.97 Å². The van der Waals surface area contributed by atoms with E-state index >= 15 is 0 Å². The molecule has 5 heteroatoms. The van der Waals surface area contributed by atoms with Crippen LogP contribution < -0.4 is 4.74 Å². The molecule has 13 heavy (non-hydrogen) atoms. The van der Waals surface area contributed by atoms with E-state index in [1.807, 2.05) is 6.07 Å². The highest BCUT2D eigenvalue weighted by molar-refractivity contribution is 5.24. The molecular weight excluding hydrogens is 170 g/mol. The first-order chi connectivity index (χ1) is 6.38. The number of nitrogens with zero attached hydrogens (tertiary/aromatic N) is 3. The van der Waals surface area contributed by atoms with Crippen LogP contribution in [0.15, 0.2) is 12.4 Å². The Hall–Kier alpha value is -1.67. The van der Waals surface area contributed by atoms with Crippen molar-refractivity contribution >= 4 is 0 Å². The van der Waals surface area contributed by atoms with Crippen LogP contribution >= 0.6 is 0 Å². The minimum Gasteiger partial charge on any atom is -0.469 e. The van der Waals surface area contributed by atoms with Crippen LogP contribution in [0.2, 0.25) is 0 Å². The Balaban J connectivity index is 2.07. The van der Waals surface area contributed by atoms with E-state index in [-0.39, 0.29) is 6.10 Å². The van der Waals surface area contributed by atoms with Gasteiger partial charge in [-0.2, -0.15) is 5.26 Å². The van der Waals surface area contributed by atoms with Gasteiger partial charge in [0.2, 0.25) is 5.88 Å². The lowest BCUT2D eigenvalue weighted by molar-refractivity contribution is -0.0813. The van der Waals surface area contributed by atoms with E-state index in [0.717, 1.165) is 0 Å². The molecule has 0 N–H and O–H groups in total. The van der Waals surface area contributed by atoms with Crippen molar-refractivity contribution in [2.45, 2.75) is 6.10 Å². The molecule has 1 aliphatic heterocycles. The van der Waals surface area contributed by atoms with E-state index in [4.69, 9.17) is 14.7 Å². The Morgan fingerprint density at radius 2 is 2.38 bits per heavy atom. The average Bonchev–Trinajstić information content (AvgIpc) is 2.12. The third-order valence-corrected chi connectivity index (χ3v) is 1.65. The topological polar surface area (TPSA) is 68.0 Å². The summed E-state index contributed by atoms with van der Waals surface area (Å²) >= 11 is 0. The summed E-state index contributed by atoms with van der Waals surface area (Å²) in [7, 11) is 0. The first-order valence-corrected chi connectivity index (χ1v) is 3.85. The molecule has 0 spiro atoms. The van der Waals surface area contributed by atoms with Gasteiger partial charge in [0, 0.05) is 6.07 Å². The van der Waals surface area contributed by atoms with Gasteiger partial charge in [-0.1, -0.05) is 0 Å². The first-order valence-electron chi connectivity index (χ1n) is 3.85. The van der Waals surface area contributed by atoms with E-state index in [1.54, 1.807) is 0 Å². The minimum absolute atomic E-state index is 0.0708. The molecule has 0 unspecified atom stereocenters. The van der Waals surface area contributed by atoms with Crippen LogP contribution in [0.1, 0.15) is 5.69 Å². The third-order valence-electron chi connectivity index (χ3n) is 1.65. The zero-order chi connectivity index (χ0) is 9.10. The normalized spacial score (nSPS) is 15.9. The third kappa shape index (κ3) is 1.73. The number of aromatic nitrogens is 2. The van der Waals surface area contributed by atoms with Crippen LogP contribution in [0.4, 0.5) is 0 Å². The summed E-state index contributed by atoms with van der Waals surface area (Å²) in [5.41, 5.74) is 0.310. The summed E-state index contributed by atoms with van der Waals surface area (Å²) in [5.74, 6) is 0.430. The molecule has 0 radical (unpaired) electrons. The SMILES string of the molecule is N#Cc1cc(OC2COC2)ncn1. The molecule has 0 saturated carbocycles. The van der Waals surface area contributed by atoms with Crippen molar-refractivity contribution in [3.05, 3.63) is 18.1 Å². The summed E-state index contributed by atoms with van der Waals surface area (Å²) in [6.45, 7) is 1.18. The molecule has 5 nitrogen and oxygen atoms in total. The molecule has 0 atom stereocenters. The zero-order valence-electron chi connectivity index (χ0n) is 6.80. The van der Waals surface area contributed by atoms with Crippen molar-refractivity contribution in [2.24, 2.45) is 0 Å². The monoisotopic (exact) mass is 177 g/mol. The molecule has 0 aliphatic carbocycles. The van der Waals surface area contributed by atoms with Crippen molar-refractivity contribution in [1.29, 1.82) is 5.26 Å². The molecule has 0 bridgehead atoms. The minimum atomic E-state index is 0.0708. The van der Waals surface area contributed by atoms with Crippen LogP contribution in [0.25, 0.3) is 0 Å². The van der Waals surface area contributed by atoms with Crippen LogP contribution in [0.3, 0.4) is 0 Å². The molecule has 1 fully saturated rings. The second-order valence-electron chi connectivity index (χ2n) is 2.63. The summed E-state index contributed by atoms with van der Waals surface area (Å²) < 4.78 is 10.3. The number of nitriles is 1. The van der Waals surface area contributed by atoms with E-state index in [2.05, 4.69) is 9.97 Å². The van der Waals surface area contributed by atoms with Crippen molar-refractivity contribution in [3.63, 3.8) is 0 Å². The highest BCUT2D eigenvalue weighted by Gasteiger charge is 2.20. The van der Waals surface area contributed by atoms with Gasteiger partial charge < -0.3 is 9.47 Å². The summed E-state index contributed by atoms with van der Waals surface area (Å²) in [6.07, 6.45) is 1.38. The smallest absolute Gasteiger partial charge is 0.218 e. The van der Waals surface area contributed by atoms with Gasteiger partial charge in [0.1, 0.15) is 24.2 Å². The Kier molecular flexibility index (Phi) is 2.06. The molecule has 2 rings (SSSR count). The molecule has 2 heterocycles. The second-order valence-corrected chi connectivity index (χ2v) is 2.63. The largest absolute Gasteiger partial charge is 0.469 e. The summed E-state index contributed by atoms with van der Waals surface area (Å²) in [6, 6.07) is 3.43. The Morgan fingerprint density at radius 3 is 3.00 bits per heavy atom. The molecule has 0 amide bonds. The van der Waals surface area contributed by atoms with Gasteiger partial charge in [0.15, 0.2) is 0 Å². The highest BCUT2D eigenvalue weighted by Crippen LogP contribution is 2.12. The lowest BCUT2D eigenvalue weighted by Crippen LogP contribution is -2.38. The van der Waals surface area contributed by atoms with Crippen molar-refractivity contribution < 1.29 is 9.47 Å². The number of hydrogen-bond acceptors (Lipinski definition) is 5. The Bertz CT molecular complexity index is 343. The molecule has 1 saturated heterocycles. The molecular formula is C8H7N3O2. The number of hydrogen-bond donors (Lipinski definition) is 0. The molecule has 1 aromatic heterocycles. The Morgan fingerprint density at radius 1 is 1.54 bits per heavy atom. The maximum absolute atomic E-state index is 8.55. The quantitative estimate of drug-likeness (QED) is 0.642. The molecule has 1 aromatic rings. The van der Waals surface area contributed by atoms with E-state index in [1.165, 1.54) is 12.4 Å². The van der Waals surface area contributed by atoms with E-state index in [9.17, 15) is 0 Å². The van der Waals surface area contributed by atoms with Crippen LogP contribution in [-0.2, 0) is 4.74 Å². The fourth-order valence-corrected chi connectivity index (χ4v) is 0.918. The molecule has 66 valence electrons. The van der Waals surface area contributed by atoms with E-state index in [0.29, 0.717) is 24.8 Å². The van der Waals surface area contributed by atoms with Gasteiger partial charge in [-0.25, -0.2) is 9.97 Å². The first kappa shape index (κ1) is 7.95. The molecule has 0 aromatic carbocycles. The Labute approximate surface area is 74.9 Å². The van der Waals surface area contributed by atoms with Gasteiger partial charge in [0.25, 0.3) is 0 Å². The van der Waals surface area contributed by atoms with Gasteiger partial charge >= 0.3 is 0 Å². The van der Waals surface area contributed by atoms with Crippen molar-refractivity contribution in [2.75, 3.05) is 13.2 Å². The lowest BCUT2D eigenvalue weighted by Gasteiger charge is -2.25. The van der Waals surface area contributed by atoms with Gasteiger partial charge in [-0.05, 0) is 0 Å². The lowest BCUT2D eigenvalue weighted by atomic mass is 10.3. The summed E-state index contributed by atoms with van der Waals surface area (Å²) in [5, 5.41) is 8.55. The van der Waals surface area contributed by atoms with Gasteiger partial charge in [0.05, 0.1) is 13.2 Å². The van der Waals surface area contributed by atoms with Gasteiger partial charge in [-0.15, -0.1) is 0 Å². The standard InChI is InChI=1S/C8H7N3O2/c9-2-6-1-8(11-5-10-6)13-7-3-12-4-7/h1,5,7H,3-4H2. The van der Waals surface area contributed by atoms with Crippen LogP contribution in [0, 0.1) is 11.3 Å². The van der Waals surface area contributed by atoms with E-state index < -0.39 is 0 Å². The summed E-state index contributed by atoms with van der Waals surface area (Å²) in [4.78, 5) is 7.59. The van der Waals surface area contributed by atoms with Crippen LogP contribution in [0.5, 0.6) is 5.88 Å².